The summed E-state index contributed by atoms with van der Waals surface area (Å²) in [6.45, 7) is 8.61. The number of hydrogen-bond acceptors (Lipinski definition) is 3. The van der Waals surface area contributed by atoms with Gasteiger partial charge in [0.1, 0.15) is 17.1 Å². The third kappa shape index (κ3) is 3.30. The molecule has 0 atom stereocenters. The van der Waals surface area contributed by atoms with Crippen molar-refractivity contribution < 1.29 is 17.8 Å². The molecule has 6 heteroatoms. The number of nitrogens with zero attached hydrogens (tertiary/aromatic N) is 3. The van der Waals surface area contributed by atoms with Crippen LogP contribution in [0, 0.1) is 24.1 Å². The largest absolute Gasteiger partial charge is 0.437 e. The fraction of sp³-hybridized carbons (Fsp3) is 0.269. The first-order chi connectivity index (χ1) is 15.1. The normalized spacial score (nSPS) is 12.3. The first-order valence-electron chi connectivity index (χ1n) is 10.6. The minimum Gasteiger partial charge on any atom is -0.437 e. The molecule has 0 aliphatic rings. The summed E-state index contributed by atoms with van der Waals surface area (Å²) in [5.74, 6) is -1.59. The lowest BCUT2D eigenvalue weighted by molar-refractivity contribution is -0.662. The van der Waals surface area contributed by atoms with E-state index in [9.17, 15) is 8.78 Å². The number of hydrogen-bond donors (Lipinski definition) is 0. The molecule has 0 fully saturated rings. The second kappa shape index (κ2) is 7.05. The van der Waals surface area contributed by atoms with Crippen LogP contribution in [-0.2, 0) is 13.5 Å². The fourth-order valence-electron chi connectivity index (χ4n) is 4.47. The standard InChI is InChI=1S/C26H24F2N3O/c1-14-6-8-17-22-18(27)11-20(28)30-25(22)32-24(17)21(14)23-16-9-7-15(12-26(2,3)4)10-19(16)29-13-31(23)5/h6-11,13H,12H2,1-5H3/q+1. The molecule has 0 unspecified atom stereocenters. The summed E-state index contributed by atoms with van der Waals surface area (Å²) < 4.78 is 36.2. The van der Waals surface area contributed by atoms with Crippen molar-refractivity contribution in [1.82, 2.24) is 9.97 Å². The van der Waals surface area contributed by atoms with Gasteiger partial charge in [-0.05, 0) is 47.0 Å². The number of benzene rings is 2. The van der Waals surface area contributed by atoms with Crippen LogP contribution < -0.4 is 4.57 Å². The third-order valence-corrected chi connectivity index (χ3v) is 5.75. The smallest absolute Gasteiger partial charge is 0.287 e. The Balaban J connectivity index is 1.83. The summed E-state index contributed by atoms with van der Waals surface area (Å²) in [6, 6.07) is 10.8. The highest BCUT2D eigenvalue weighted by molar-refractivity contribution is 6.11. The molecule has 3 aromatic heterocycles. The van der Waals surface area contributed by atoms with Crippen LogP contribution in [-0.4, -0.2) is 9.97 Å². The SMILES string of the molecule is Cc1ccc2c(oc3nc(F)cc(F)c32)c1-c1c2ccc(CC(C)(C)C)cc2nc[n+]1C. The Bertz CT molecular complexity index is 1530. The molecule has 0 amide bonds. The quantitative estimate of drug-likeness (QED) is 0.247. The van der Waals surface area contributed by atoms with E-state index in [0.717, 1.165) is 40.2 Å². The lowest BCUT2D eigenvalue weighted by Gasteiger charge is -2.18. The van der Waals surface area contributed by atoms with E-state index in [1.165, 1.54) is 5.56 Å². The lowest BCUT2D eigenvalue weighted by atomic mass is 9.87. The van der Waals surface area contributed by atoms with Gasteiger partial charge in [0, 0.05) is 11.5 Å². The summed E-state index contributed by atoms with van der Waals surface area (Å²) >= 11 is 0. The number of rotatable bonds is 2. The van der Waals surface area contributed by atoms with Crippen LogP contribution in [0.1, 0.15) is 31.9 Å². The van der Waals surface area contributed by atoms with Crippen molar-refractivity contribution in [2.24, 2.45) is 12.5 Å². The van der Waals surface area contributed by atoms with Crippen molar-refractivity contribution in [3.63, 3.8) is 0 Å². The predicted molar refractivity (Wildman–Crippen MR) is 121 cm³/mol. The molecule has 0 radical (unpaired) electrons. The van der Waals surface area contributed by atoms with Crippen LogP contribution in [0.5, 0.6) is 0 Å². The molecule has 0 bridgehead atoms. The van der Waals surface area contributed by atoms with Crippen molar-refractivity contribution in [3.05, 3.63) is 65.6 Å². The van der Waals surface area contributed by atoms with Gasteiger partial charge in [-0.1, -0.05) is 39.0 Å². The van der Waals surface area contributed by atoms with Crippen LogP contribution in [0.25, 0.3) is 44.2 Å². The number of furan rings is 1. The summed E-state index contributed by atoms with van der Waals surface area (Å²) in [6.07, 6.45) is 2.72. The Morgan fingerprint density at radius 3 is 2.53 bits per heavy atom. The molecule has 0 N–H and O–H groups in total. The Morgan fingerprint density at radius 1 is 1.03 bits per heavy atom. The highest BCUT2D eigenvalue weighted by atomic mass is 19.1. The summed E-state index contributed by atoms with van der Waals surface area (Å²) in [7, 11) is 1.92. The molecule has 0 spiro atoms. The molecular formula is C26H24F2N3O+. The first kappa shape index (κ1) is 20.5. The molecule has 0 aliphatic heterocycles. The number of aryl methyl sites for hydroxylation is 2. The monoisotopic (exact) mass is 432 g/mol. The predicted octanol–water partition coefficient (Wildman–Crippen LogP) is 6.20. The van der Waals surface area contributed by atoms with Crippen molar-refractivity contribution in [2.75, 3.05) is 0 Å². The van der Waals surface area contributed by atoms with Crippen LogP contribution in [0.4, 0.5) is 8.78 Å². The molecular weight excluding hydrogens is 408 g/mol. The zero-order valence-electron chi connectivity index (χ0n) is 18.8. The highest BCUT2D eigenvalue weighted by Gasteiger charge is 2.24. The summed E-state index contributed by atoms with van der Waals surface area (Å²) in [5, 5.41) is 1.72. The maximum absolute atomic E-state index is 14.6. The minimum atomic E-state index is -0.904. The zero-order chi connectivity index (χ0) is 22.8. The van der Waals surface area contributed by atoms with Gasteiger partial charge >= 0.3 is 0 Å². The van der Waals surface area contributed by atoms with Gasteiger partial charge in [0.15, 0.2) is 5.52 Å². The van der Waals surface area contributed by atoms with Crippen molar-refractivity contribution in [3.8, 4) is 11.3 Å². The van der Waals surface area contributed by atoms with Crippen LogP contribution in [0.2, 0.25) is 0 Å². The Morgan fingerprint density at radius 2 is 1.78 bits per heavy atom. The van der Waals surface area contributed by atoms with Gasteiger partial charge in [0.25, 0.3) is 6.33 Å². The van der Waals surface area contributed by atoms with Gasteiger partial charge in [0.05, 0.1) is 23.4 Å². The van der Waals surface area contributed by atoms with Gasteiger partial charge in [-0.15, -0.1) is 0 Å². The van der Waals surface area contributed by atoms with E-state index < -0.39 is 11.8 Å². The zero-order valence-corrected chi connectivity index (χ0v) is 18.8. The van der Waals surface area contributed by atoms with Crippen molar-refractivity contribution >= 4 is 33.0 Å². The highest BCUT2D eigenvalue weighted by Crippen LogP contribution is 2.39. The number of pyridine rings is 1. The maximum Gasteiger partial charge on any atom is 0.287 e. The molecule has 0 saturated carbocycles. The van der Waals surface area contributed by atoms with Gasteiger partial charge < -0.3 is 4.42 Å². The van der Waals surface area contributed by atoms with E-state index in [0.29, 0.717) is 11.0 Å². The molecule has 4 nitrogen and oxygen atoms in total. The Labute approximate surface area is 184 Å². The second-order valence-electron chi connectivity index (χ2n) is 9.64. The van der Waals surface area contributed by atoms with Crippen LogP contribution in [0.3, 0.4) is 0 Å². The molecule has 162 valence electrons. The molecule has 32 heavy (non-hydrogen) atoms. The van der Waals surface area contributed by atoms with E-state index in [-0.39, 0.29) is 16.5 Å². The van der Waals surface area contributed by atoms with E-state index >= 15 is 0 Å². The van der Waals surface area contributed by atoms with Gasteiger partial charge in [-0.3, -0.25) is 0 Å². The van der Waals surface area contributed by atoms with Gasteiger partial charge in [-0.2, -0.15) is 9.37 Å². The average molecular weight is 432 g/mol. The molecule has 5 aromatic rings. The van der Waals surface area contributed by atoms with E-state index in [1.807, 2.05) is 24.6 Å². The van der Waals surface area contributed by atoms with Crippen molar-refractivity contribution in [1.29, 1.82) is 0 Å². The van der Waals surface area contributed by atoms with E-state index in [2.05, 4.69) is 48.9 Å². The third-order valence-electron chi connectivity index (χ3n) is 5.75. The topological polar surface area (TPSA) is 42.8 Å². The van der Waals surface area contributed by atoms with Gasteiger partial charge in [0.2, 0.25) is 11.7 Å². The molecule has 5 rings (SSSR count). The number of halogens is 2. The van der Waals surface area contributed by atoms with Gasteiger partial charge in [-0.25, -0.2) is 8.96 Å². The molecule has 0 saturated heterocycles. The minimum absolute atomic E-state index is 0.0437. The number of aromatic nitrogens is 3. The molecule has 2 aromatic carbocycles. The Hall–Kier alpha value is -3.41. The number of fused-ring (bicyclic) bond motifs is 4. The average Bonchev–Trinajstić information content (AvgIpc) is 3.06. The van der Waals surface area contributed by atoms with Crippen LogP contribution >= 0.6 is 0 Å². The fourth-order valence-corrected chi connectivity index (χ4v) is 4.47. The second-order valence-corrected chi connectivity index (χ2v) is 9.64. The summed E-state index contributed by atoms with van der Waals surface area (Å²) in [5.41, 5.74) is 5.38. The maximum atomic E-state index is 14.6. The van der Waals surface area contributed by atoms with E-state index in [4.69, 9.17) is 4.42 Å². The van der Waals surface area contributed by atoms with E-state index in [1.54, 1.807) is 12.4 Å². The first-order valence-corrected chi connectivity index (χ1v) is 10.6. The Kier molecular flexibility index (Phi) is 4.52. The van der Waals surface area contributed by atoms with Crippen molar-refractivity contribution in [2.45, 2.75) is 34.1 Å². The lowest BCUT2D eigenvalue weighted by Crippen LogP contribution is -2.32. The molecule has 0 aliphatic carbocycles. The van der Waals surface area contributed by atoms with Crippen LogP contribution in [0.15, 0.2) is 47.1 Å². The molecule has 3 heterocycles. The summed E-state index contributed by atoms with van der Waals surface area (Å²) in [4.78, 5) is 8.42.